The number of nitrogens with one attached hydrogen (secondary N) is 1. The van der Waals surface area contributed by atoms with Crippen molar-refractivity contribution in [2.45, 2.75) is 65.5 Å². The van der Waals surface area contributed by atoms with E-state index < -0.39 is 0 Å². The van der Waals surface area contributed by atoms with E-state index in [1.165, 1.54) is 19.3 Å². The molecule has 2 rings (SSSR count). The van der Waals surface area contributed by atoms with Gasteiger partial charge in [-0.2, -0.15) is 5.26 Å². The van der Waals surface area contributed by atoms with Crippen molar-refractivity contribution < 1.29 is 0 Å². The first-order valence-corrected chi connectivity index (χ1v) is 6.57. The van der Waals surface area contributed by atoms with Gasteiger partial charge in [0, 0.05) is 12.1 Å². The summed E-state index contributed by atoms with van der Waals surface area (Å²) in [7, 11) is 0. The summed E-state index contributed by atoms with van der Waals surface area (Å²) < 4.78 is 0. The lowest BCUT2D eigenvalue weighted by Crippen LogP contribution is -2.41. The Morgan fingerprint density at radius 3 is 2.12 bits per heavy atom. The van der Waals surface area contributed by atoms with Gasteiger partial charge in [-0.3, -0.25) is 0 Å². The molecule has 0 saturated heterocycles. The Morgan fingerprint density at radius 2 is 1.62 bits per heavy atom. The molecule has 1 N–H and O–H groups in total. The minimum Gasteiger partial charge on any atom is -0.309 e. The van der Waals surface area contributed by atoms with Crippen molar-refractivity contribution in [2.75, 3.05) is 0 Å². The molecule has 0 aromatic rings. The Bertz CT molecular complexity index is 297. The highest BCUT2D eigenvalue weighted by atomic mass is 15.1. The second-order valence-corrected chi connectivity index (χ2v) is 6.67. The minimum absolute atomic E-state index is 0.237. The number of hydrogen-bond acceptors (Lipinski definition) is 2. The Balaban J connectivity index is 1.98. The molecule has 0 aliphatic heterocycles. The molecule has 2 atom stereocenters. The second kappa shape index (κ2) is 3.74. The molecule has 2 saturated carbocycles. The van der Waals surface area contributed by atoms with Crippen LogP contribution in [0.3, 0.4) is 0 Å². The smallest absolute Gasteiger partial charge is 0.0672 e. The van der Waals surface area contributed by atoms with Gasteiger partial charge in [0.05, 0.1) is 12.0 Å². The fourth-order valence-corrected chi connectivity index (χ4v) is 3.31. The molecule has 90 valence electrons. The highest BCUT2D eigenvalue weighted by molar-refractivity contribution is 5.19. The highest BCUT2D eigenvalue weighted by Gasteiger charge is 2.65. The summed E-state index contributed by atoms with van der Waals surface area (Å²) in [5.41, 5.74) is 0.759. The van der Waals surface area contributed by atoms with E-state index >= 15 is 0 Å². The average Bonchev–Trinajstić information content (AvgIpc) is 2.62. The normalized spacial score (nSPS) is 36.7. The van der Waals surface area contributed by atoms with Crippen LogP contribution in [0.5, 0.6) is 0 Å². The predicted molar refractivity (Wildman–Crippen MR) is 65.8 cm³/mol. The monoisotopic (exact) mass is 220 g/mol. The van der Waals surface area contributed by atoms with Crippen LogP contribution in [0.25, 0.3) is 0 Å². The molecule has 0 spiro atoms. The zero-order valence-electron chi connectivity index (χ0n) is 11.0. The minimum atomic E-state index is 0.237. The Kier molecular flexibility index (Phi) is 2.78. The summed E-state index contributed by atoms with van der Waals surface area (Å²) in [6.45, 7) is 9.31. The van der Waals surface area contributed by atoms with Gasteiger partial charge in [0.1, 0.15) is 0 Å². The largest absolute Gasteiger partial charge is 0.309 e. The maximum absolute atomic E-state index is 9.16. The van der Waals surface area contributed by atoms with Crippen molar-refractivity contribution in [1.29, 1.82) is 5.26 Å². The second-order valence-electron chi connectivity index (χ2n) is 6.67. The average molecular weight is 220 g/mol. The van der Waals surface area contributed by atoms with Crippen molar-refractivity contribution in [2.24, 2.45) is 16.7 Å². The number of nitriles is 1. The van der Waals surface area contributed by atoms with Crippen LogP contribution < -0.4 is 5.32 Å². The van der Waals surface area contributed by atoms with E-state index in [2.05, 4.69) is 39.1 Å². The van der Waals surface area contributed by atoms with Crippen molar-refractivity contribution in [3.05, 3.63) is 0 Å². The molecule has 16 heavy (non-hydrogen) atoms. The van der Waals surface area contributed by atoms with E-state index in [4.69, 9.17) is 5.26 Å². The molecule has 2 heteroatoms. The topological polar surface area (TPSA) is 35.8 Å². The van der Waals surface area contributed by atoms with Crippen molar-refractivity contribution >= 4 is 0 Å². The van der Waals surface area contributed by atoms with Crippen LogP contribution in [-0.2, 0) is 0 Å². The summed E-state index contributed by atoms with van der Waals surface area (Å²) in [5.74, 6) is 0.237. The van der Waals surface area contributed by atoms with E-state index in [9.17, 15) is 0 Å². The lowest BCUT2D eigenvalue weighted by atomic mass is 9.85. The maximum Gasteiger partial charge on any atom is 0.0672 e. The first-order chi connectivity index (χ1) is 7.41. The van der Waals surface area contributed by atoms with Crippen LogP contribution in [-0.4, -0.2) is 12.1 Å². The van der Waals surface area contributed by atoms with E-state index in [1.54, 1.807) is 0 Å². The number of rotatable bonds is 2. The van der Waals surface area contributed by atoms with E-state index in [0.29, 0.717) is 22.9 Å². The van der Waals surface area contributed by atoms with Gasteiger partial charge in [0.25, 0.3) is 0 Å². The molecular weight excluding hydrogens is 196 g/mol. The first-order valence-electron chi connectivity index (χ1n) is 6.57. The molecule has 2 aliphatic carbocycles. The lowest BCUT2D eigenvalue weighted by Gasteiger charge is -2.28. The molecule has 0 amide bonds. The SMILES string of the molecule is CC1(C)C(NC2CCCCC2C#N)C1(C)C. The summed E-state index contributed by atoms with van der Waals surface area (Å²) in [4.78, 5) is 0. The van der Waals surface area contributed by atoms with Gasteiger partial charge < -0.3 is 5.32 Å². The molecular formula is C14H24N2. The molecule has 0 bridgehead atoms. The lowest BCUT2D eigenvalue weighted by molar-refractivity contribution is 0.297. The van der Waals surface area contributed by atoms with Crippen LogP contribution in [0.2, 0.25) is 0 Å². The quantitative estimate of drug-likeness (QED) is 0.776. The highest BCUT2D eigenvalue weighted by Crippen LogP contribution is 2.63. The first kappa shape index (κ1) is 11.9. The third-order valence-corrected chi connectivity index (χ3v) is 5.33. The molecule has 0 aromatic carbocycles. The summed E-state index contributed by atoms with van der Waals surface area (Å²) >= 11 is 0. The fourth-order valence-electron chi connectivity index (χ4n) is 3.31. The zero-order chi connectivity index (χ0) is 12.0. The van der Waals surface area contributed by atoms with Crippen LogP contribution in [0, 0.1) is 28.1 Å². The third kappa shape index (κ3) is 1.66. The Morgan fingerprint density at radius 1 is 1.06 bits per heavy atom. The van der Waals surface area contributed by atoms with Crippen molar-refractivity contribution in [3.8, 4) is 6.07 Å². The van der Waals surface area contributed by atoms with Crippen LogP contribution >= 0.6 is 0 Å². The van der Waals surface area contributed by atoms with Crippen molar-refractivity contribution in [1.82, 2.24) is 5.32 Å². The van der Waals surface area contributed by atoms with Gasteiger partial charge in [-0.25, -0.2) is 0 Å². The zero-order valence-corrected chi connectivity index (χ0v) is 11.0. The van der Waals surface area contributed by atoms with Crippen LogP contribution in [0.15, 0.2) is 0 Å². The van der Waals surface area contributed by atoms with Crippen molar-refractivity contribution in [3.63, 3.8) is 0 Å². The number of hydrogen-bond donors (Lipinski definition) is 1. The standard InChI is InChI=1S/C14H24N2/c1-13(2)12(14(13,3)4)16-11-8-6-5-7-10(11)9-15/h10-12,16H,5-8H2,1-4H3. The van der Waals surface area contributed by atoms with Gasteiger partial charge >= 0.3 is 0 Å². The van der Waals surface area contributed by atoms with Gasteiger partial charge in [-0.05, 0) is 23.7 Å². The number of nitrogens with zero attached hydrogens (tertiary/aromatic N) is 1. The molecule has 0 heterocycles. The summed E-state index contributed by atoms with van der Waals surface area (Å²) in [6.07, 6.45) is 4.78. The molecule has 2 fully saturated rings. The van der Waals surface area contributed by atoms with E-state index in [1.807, 2.05) is 0 Å². The van der Waals surface area contributed by atoms with Crippen LogP contribution in [0.1, 0.15) is 53.4 Å². The van der Waals surface area contributed by atoms with Gasteiger partial charge in [-0.1, -0.05) is 40.5 Å². The maximum atomic E-state index is 9.16. The predicted octanol–water partition coefficient (Wildman–Crippen LogP) is 3.09. The summed E-state index contributed by atoms with van der Waals surface area (Å²) in [5, 5.41) is 12.9. The van der Waals surface area contributed by atoms with Gasteiger partial charge in [-0.15, -0.1) is 0 Å². The van der Waals surface area contributed by atoms with Gasteiger partial charge in [0.2, 0.25) is 0 Å². The molecule has 0 radical (unpaired) electrons. The van der Waals surface area contributed by atoms with E-state index in [0.717, 1.165) is 6.42 Å². The third-order valence-electron chi connectivity index (χ3n) is 5.33. The molecule has 0 aromatic heterocycles. The molecule has 2 unspecified atom stereocenters. The molecule has 2 aliphatic rings. The fraction of sp³-hybridized carbons (Fsp3) is 0.929. The van der Waals surface area contributed by atoms with Crippen LogP contribution in [0.4, 0.5) is 0 Å². The Hall–Kier alpha value is -0.550. The molecule has 2 nitrogen and oxygen atoms in total. The van der Waals surface area contributed by atoms with Gasteiger partial charge in [0.15, 0.2) is 0 Å². The summed E-state index contributed by atoms with van der Waals surface area (Å²) in [6, 6.07) is 3.50. The van der Waals surface area contributed by atoms with E-state index in [-0.39, 0.29) is 5.92 Å². The Labute approximate surface area is 99.4 Å².